The van der Waals surface area contributed by atoms with Crippen LogP contribution in [0.1, 0.15) is 93.6 Å². The summed E-state index contributed by atoms with van der Waals surface area (Å²) in [4.78, 5) is 64.1. The van der Waals surface area contributed by atoms with Gasteiger partial charge < -0.3 is 50.6 Å². The molecule has 0 unspecified atom stereocenters. The van der Waals surface area contributed by atoms with E-state index in [0.29, 0.717) is 43.2 Å². The molecule has 63 heavy (non-hydrogen) atoms. The van der Waals surface area contributed by atoms with E-state index in [9.17, 15) is 44.4 Å². The molecule has 2 aromatic carbocycles. The Balaban J connectivity index is 1.06. The number of allylic oxidation sites excluding steroid dienone is 1. The summed E-state index contributed by atoms with van der Waals surface area (Å²) >= 11 is 0. The normalized spacial score (nSPS) is 20.6. The second kappa shape index (κ2) is 22.6. The van der Waals surface area contributed by atoms with Crippen molar-refractivity contribution in [1.82, 2.24) is 4.90 Å². The highest BCUT2D eigenvalue weighted by atomic mass is 16.7. The summed E-state index contributed by atoms with van der Waals surface area (Å²) in [7, 11) is 0. The quantitative estimate of drug-likeness (QED) is 0.0543. The van der Waals surface area contributed by atoms with Crippen molar-refractivity contribution >= 4 is 47.1 Å². The number of nitrogens with one attached hydrogen (secondary N) is 2. The molecule has 17 heteroatoms. The molecule has 0 saturated carbocycles. The first-order valence-electron chi connectivity index (χ1n) is 21.3. The minimum absolute atomic E-state index is 0.00206. The van der Waals surface area contributed by atoms with Gasteiger partial charge in [-0.1, -0.05) is 25.3 Å². The molecule has 17 nitrogen and oxygen atoms in total. The molecule has 0 aliphatic carbocycles. The van der Waals surface area contributed by atoms with Gasteiger partial charge in [0.05, 0.1) is 5.69 Å². The van der Waals surface area contributed by atoms with Crippen molar-refractivity contribution in [3.8, 4) is 5.75 Å². The highest BCUT2D eigenvalue weighted by Gasteiger charge is 2.48. The minimum Gasteiger partial charge on any atom is -0.479 e. The zero-order chi connectivity index (χ0) is 45.7. The third-order valence-electron chi connectivity index (χ3n) is 10.6. The lowest BCUT2D eigenvalue weighted by molar-refractivity contribution is -0.688. The van der Waals surface area contributed by atoms with Crippen molar-refractivity contribution in [1.29, 1.82) is 0 Å². The Morgan fingerprint density at radius 1 is 0.921 bits per heavy atom. The number of aliphatic hydroxyl groups is 3. The lowest BCUT2D eigenvalue weighted by Crippen LogP contribution is -2.61. The number of aromatic nitrogens is 1. The van der Waals surface area contributed by atoms with Crippen molar-refractivity contribution < 1.29 is 63.2 Å². The topological polar surface area (TPSA) is 251 Å². The maximum absolute atomic E-state index is 13.2. The number of unbranched alkanes of at least 4 members (excludes halogenated alkanes) is 2. The molecule has 0 spiro atoms. The Kier molecular flexibility index (Phi) is 17.3. The summed E-state index contributed by atoms with van der Waals surface area (Å²) in [5.74, 6) is -1.47. The average molecular weight is 875 g/mol. The number of ketones is 1. The summed E-state index contributed by atoms with van der Waals surface area (Å²) in [5.41, 5.74) is 7.66. The molecule has 8 N–H and O–H groups in total. The van der Waals surface area contributed by atoms with E-state index in [1.54, 1.807) is 69.3 Å². The number of anilines is 2. The van der Waals surface area contributed by atoms with Crippen LogP contribution in [0.2, 0.25) is 0 Å². The molecule has 0 radical (unpaired) electrons. The van der Waals surface area contributed by atoms with Crippen LogP contribution in [0.4, 0.5) is 16.2 Å². The number of hydrogen-bond acceptors (Lipinski definition) is 12. The molecule has 340 valence electrons. The van der Waals surface area contributed by atoms with E-state index >= 15 is 0 Å². The van der Waals surface area contributed by atoms with Crippen molar-refractivity contribution in [3.63, 3.8) is 0 Å². The van der Waals surface area contributed by atoms with Gasteiger partial charge in [0.25, 0.3) is 5.91 Å². The highest BCUT2D eigenvalue weighted by molar-refractivity contribution is 5.96. The summed E-state index contributed by atoms with van der Waals surface area (Å²) in [6.45, 7) is 7.14. The lowest BCUT2D eigenvalue weighted by Gasteiger charge is -2.38. The smallest absolute Gasteiger partial charge is 0.412 e. The van der Waals surface area contributed by atoms with Gasteiger partial charge in [-0.15, -0.1) is 0 Å². The van der Waals surface area contributed by atoms with Crippen LogP contribution in [0.15, 0.2) is 73.1 Å². The van der Waals surface area contributed by atoms with E-state index in [1.165, 1.54) is 6.07 Å². The van der Waals surface area contributed by atoms with E-state index in [1.807, 2.05) is 34.0 Å². The number of pyridine rings is 1. The number of carboxylic acid groups (broad SMARTS) is 1. The maximum atomic E-state index is 13.2. The fourth-order valence-corrected chi connectivity index (χ4v) is 7.38. The Bertz CT molecular complexity index is 2100. The van der Waals surface area contributed by atoms with Crippen LogP contribution >= 0.6 is 0 Å². The fourth-order valence-electron chi connectivity index (χ4n) is 7.38. The minimum atomic E-state index is -1.89. The van der Waals surface area contributed by atoms with Crippen LogP contribution in [0.25, 0.3) is 6.08 Å². The van der Waals surface area contributed by atoms with E-state index < -0.39 is 54.3 Å². The number of likely N-dealkylation sites (tertiary alicyclic amines) is 1. The largest absolute Gasteiger partial charge is 0.479 e. The standard InChI is InChI=1S/C46H59N5O12/c1-46(2,3)63-45(60)48-33-12-7-11-32(26-33)42(57)51-23-19-29(20-24-51)9-5-4-6-13-34(52)16-14-30-10-8-22-50(27-30)28-31-15-17-36(35(25-31)49-37(53)18-21-47)61-44-40(56)38(54)39(55)41(62-44)43(58)59/h7-8,10-12,14-17,22,25-27,29,38-41,44,54-56H,4-6,9,13,18-21,23-24,28,47H2,1-3H3,(H2-,48,49,53,58,59,60)/p+1/b16-14+/t38-,39-,40+,41-,44+/m0/s1. The Morgan fingerprint density at radius 2 is 1.68 bits per heavy atom. The van der Waals surface area contributed by atoms with Gasteiger partial charge in [-0.3, -0.25) is 19.7 Å². The van der Waals surface area contributed by atoms with Crippen LogP contribution in [-0.2, 0) is 30.4 Å². The van der Waals surface area contributed by atoms with Crippen molar-refractivity contribution in [3.05, 3.63) is 89.8 Å². The van der Waals surface area contributed by atoms with Gasteiger partial charge in [-0.05, 0) is 101 Å². The van der Waals surface area contributed by atoms with Crippen LogP contribution in [0.3, 0.4) is 0 Å². The number of rotatable bonds is 18. The Hall–Kier alpha value is -5.72. The Morgan fingerprint density at radius 3 is 2.40 bits per heavy atom. The molecule has 3 amide bonds. The van der Waals surface area contributed by atoms with Gasteiger partial charge >= 0.3 is 12.1 Å². The lowest BCUT2D eigenvalue weighted by atomic mass is 9.90. The zero-order valence-electron chi connectivity index (χ0n) is 36.0. The summed E-state index contributed by atoms with van der Waals surface area (Å²) in [5, 5.41) is 45.5. The SMILES string of the molecule is CC(C)(C)OC(=O)Nc1cccc(C(=O)N2CCC(CCCCCC(=O)/C=C/c3ccc[n+](Cc4ccc(O[C@@H]5O[C@H](C(=O)O)[C@@H](O)[C@H](O)[C@H]5O)c(NC(=O)CCN)c4)c3)CC2)c1. The number of carboxylic acids is 1. The van der Waals surface area contributed by atoms with Crippen LogP contribution < -0.4 is 25.7 Å². The maximum Gasteiger partial charge on any atom is 0.412 e. The molecule has 1 aromatic heterocycles. The zero-order valence-corrected chi connectivity index (χ0v) is 36.0. The molecule has 3 heterocycles. The van der Waals surface area contributed by atoms with Crippen molar-refractivity contribution in [2.24, 2.45) is 11.7 Å². The second-order valence-electron chi connectivity index (χ2n) is 16.9. The number of piperidine rings is 1. The van der Waals surface area contributed by atoms with Crippen LogP contribution in [0, 0.1) is 5.92 Å². The number of amides is 3. The summed E-state index contributed by atoms with van der Waals surface area (Å²) in [6.07, 6.45) is 3.44. The van der Waals surface area contributed by atoms with Gasteiger partial charge in [0.1, 0.15) is 29.7 Å². The number of aliphatic hydroxyl groups excluding tert-OH is 3. The molecule has 2 aliphatic heterocycles. The number of benzene rings is 2. The number of carbonyl (C=O) groups is 5. The average Bonchev–Trinajstić information content (AvgIpc) is 3.23. The van der Waals surface area contributed by atoms with E-state index in [2.05, 4.69) is 10.6 Å². The third kappa shape index (κ3) is 14.7. The van der Waals surface area contributed by atoms with Gasteiger partial charge in [-0.25, -0.2) is 14.2 Å². The number of aliphatic carboxylic acids is 1. The first kappa shape index (κ1) is 48.3. The van der Waals surface area contributed by atoms with Crippen LogP contribution in [0.5, 0.6) is 5.75 Å². The second-order valence-corrected chi connectivity index (χ2v) is 16.9. The van der Waals surface area contributed by atoms with Crippen molar-refractivity contribution in [2.45, 2.75) is 115 Å². The summed E-state index contributed by atoms with van der Waals surface area (Å²) in [6, 6.07) is 15.4. The van der Waals surface area contributed by atoms with Gasteiger partial charge in [0, 0.05) is 60.9 Å². The number of ether oxygens (including phenoxy) is 3. The highest BCUT2D eigenvalue weighted by Crippen LogP contribution is 2.31. The van der Waals surface area contributed by atoms with E-state index in [-0.39, 0.29) is 36.1 Å². The third-order valence-corrected chi connectivity index (χ3v) is 10.6. The molecular weight excluding hydrogens is 815 g/mol. The molecular formula is C46H60N5O12+. The monoisotopic (exact) mass is 874 g/mol. The van der Waals surface area contributed by atoms with E-state index in [4.69, 9.17) is 19.9 Å². The van der Waals surface area contributed by atoms with Gasteiger partial charge in [0.2, 0.25) is 12.2 Å². The molecule has 2 fully saturated rings. The molecule has 2 aliphatic rings. The fraction of sp³-hybridized carbons (Fsp3) is 0.478. The van der Waals surface area contributed by atoms with Gasteiger partial charge in [0.15, 0.2) is 30.8 Å². The number of nitrogens with two attached hydrogens (primary N) is 1. The predicted molar refractivity (Wildman–Crippen MR) is 231 cm³/mol. The van der Waals surface area contributed by atoms with Crippen molar-refractivity contribution in [2.75, 3.05) is 30.3 Å². The first-order chi connectivity index (χ1) is 30.0. The molecule has 0 bridgehead atoms. The number of carbonyl (C=O) groups excluding carboxylic acids is 4. The number of nitrogens with zero attached hydrogens (tertiary/aromatic N) is 2. The molecule has 5 rings (SSSR count). The molecule has 2 saturated heterocycles. The molecule has 5 atom stereocenters. The van der Waals surface area contributed by atoms with Crippen LogP contribution in [-0.4, -0.2) is 111 Å². The summed E-state index contributed by atoms with van der Waals surface area (Å²) < 4.78 is 18.2. The Labute approximate surface area is 366 Å². The number of hydrogen-bond donors (Lipinski definition) is 7. The first-order valence-corrected chi connectivity index (χ1v) is 21.3. The van der Waals surface area contributed by atoms with E-state index in [0.717, 1.165) is 49.7 Å². The molecule has 3 aromatic rings. The predicted octanol–water partition coefficient (Wildman–Crippen LogP) is 4.01. The van der Waals surface area contributed by atoms with Gasteiger partial charge in [-0.2, -0.15) is 0 Å².